The molecule has 0 atom stereocenters. The molecule has 0 aliphatic carbocycles. The summed E-state index contributed by atoms with van der Waals surface area (Å²) in [5.41, 5.74) is -0.0783. The monoisotopic (exact) mass is 364 g/mol. The van der Waals surface area contributed by atoms with Crippen molar-refractivity contribution in [2.75, 3.05) is 14.2 Å². The maximum absolute atomic E-state index is 11.7. The van der Waals surface area contributed by atoms with E-state index in [1.807, 2.05) is 0 Å². The molecule has 0 spiro atoms. The second-order valence-corrected chi connectivity index (χ2v) is 5.69. The Bertz CT molecular complexity index is 874. The van der Waals surface area contributed by atoms with Crippen LogP contribution < -0.4 is 0 Å². The third-order valence-corrected chi connectivity index (χ3v) is 4.01. The molecule has 0 aromatic heterocycles. The molecule has 2 aromatic carbocycles. The average molecular weight is 364 g/mol. The van der Waals surface area contributed by atoms with Gasteiger partial charge >= 0.3 is 63.3 Å². The number of esters is 2. The minimum absolute atomic E-state index is 0. The maximum atomic E-state index is 11.7. The molecule has 0 saturated heterocycles. The van der Waals surface area contributed by atoms with Crippen LogP contribution in [0.3, 0.4) is 0 Å². The fraction of sp³-hybridized carbons (Fsp3) is 0.143. The molecule has 0 aliphatic rings. The van der Waals surface area contributed by atoms with Crippen molar-refractivity contribution in [2.45, 2.75) is 4.90 Å². The van der Waals surface area contributed by atoms with Crippen LogP contribution in [0.2, 0.25) is 0 Å². The van der Waals surface area contributed by atoms with Gasteiger partial charge < -0.3 is 9.47 Å². The number of rotatable bonds is 3. The van der Waals surface area contributed by atoms with Crippen LogP contribution in [0.15, 0.2) is 35.2 Å². The number of ether oxygens (including phenoxy) is 2. The van der Waals surface area contributed by atoms with Crippen LogP contribution >= 0.6 is 0 Å². The Kier molecular flexibility index (Phi) is 6.90. The third kappa shape index (κ3) is 4.18. The molecule has 0 fully saturated rings. The standard InChI is InChI=1S/C14H12O7S.K.H/c1-20-13(15)9-4-5-10-8(7-9)3-6-11(14(16)21-2)12(10)22(17,18)19;;/h3-7H,1-2H3,(H,17,18,19);;. The van der Waals surface area contributed by atoms with E-state index in [0.29, 0.717) is 5.39 Å². The molecule has 0 aliphatic heterocycles. The van der Waals surface area contributed by atoms with Gasteiger partial charge in [-0.25, -0.2) is 9.59 Å². The predicted octanol–water partition coefficient (Wildman–Crippen LogP) is 1.01. The van der Waals surface area contributed by atoms with E-state index in [1.54, 1.807) is 0 Å². The van der Waals surface area contributed by atoms with Gasteiger partial charge in [0.1, 0.15) is 4.90 Å². The van der Waals surface area contributed by atoms with E-state index in [2.05, 4.69) is 9.47 Å². The Morgan fingerprint density at radius 2 is 1.61 bits per heavy atom. The van der Waals surface area contributed by atoms with Gasteiger partial charge in [-0.3, -0.25) is 4.55 Å². The molecule has 1 N–H and O–H groups in total. The first-order valence-corrected chi connectivity index (χ1v) is 7.44. The topological polar surface area (TPSA) is 107 Å². The Morgan fingerprint density at radius 3 is 2.13 bits per heavy atom. The van der Waals surface area contributed by atoms with E-state index in [-0.39, 0.29) is 67.9 Å². The van der Waals surface area contributed by atoms with Crippen LogP contribution in [0.4, 0.5) is 0 Å². The molecule has 23 heavy (non-hydrogen) atoms. The van der Waals surface area contributed by atoms with Gasteiger partial charge in [-0.1, -0.05) is 12.1 Å². The van der Waals surface area contributed by atoms with Gasteiger partial charge in [-0.2, -0.15) is 8.42 Å². The normalized spacial score (nSPS) is 10.7. The van der Waals surface area contributed by atoms with Gasteiger partial charge in [0.05, 0.1) is 25.3 Å². The molecular formula is C14H13KO7S. The van der Waals surface area contributed by atoms with Crippen LogP contribution in [0.5, 0.6) is 0 Å². The summed E-state index contributed by atoms with van der Waals surface area (Å²) >= 11 is 0. The molecule has 118 valence electrons. The van der Waals surface area contributed by atoms with Crippen molar-refractivity contribution in [3.8, 4) is 0 Å². The van der Waals surface area contributed by atoms with E-state index >= 15 is 0 Å². The van der Waals surface area contributed by atoms with Crippen molar-refractivity contribution in [3.05, 3.63) is 41.5 Å². The van der Waals surface area contributed by atoms with Gasteiger partial charge in [-0.15, -0.1) is 0 Å². The van der Waals surface area contributed by atoms with Gasteiger partial charge in [0.2, 0.25) is 0 Å². The van der Waals surface area contributed by atoms with Gasteiger partial charge in [0.15, 0.2) is 0 Å². The van der Waals surface area contributed by atoms with Crippen molar-refractivity contribution < 1.29 is 32.0 Å². The predicted molar refractivity (Wildman–Crippen MR) is 83.6 cm³/mol. The first kappa shape index (κ1) is 20.2. The molecule has 0 unspecified atom stereocenters. The summed E-state index contributed by atoms with van der Waals surface area (Å²) in [6.45, 7) is 0. The van der Waals surface area contributed by atoms with Crippen LogP contribution in [0.1, 0.15) is 20.7 Å². The van der Waals surface area contributed by atoms with E-state index in [0.717, 1.165) is 7.11 Å². The van der Waals surface area contributed by atoms with Crippen molar-refractivity contribution in [1.29, 1.82) is 0 Å². The Labute approximate surface area is 175 Å². The molecular weight excluding hydrogens is 351 g/mol. The number of carbonyl (C=O) groups is 2. The number of carbonyl (C=O) groups excluding carboxylic acids is 2. The Hall–Kier alpha value is -0.814. The molecule has 0 radical (unpaired) electrons. The zero-order valence-electron chi connectivity index (χ0n) is 11.7. The molecule has 2 rings (SSSR count). The summed E-state index contributed by atoms with van der Waals surface area (Å²) in [6, 6.07) is 6.71. The zero-order valence-corrected chi connectivity index (χ0v) is 12.5. The average Bonchev–Trinajstić information content (AvgIpc) is 2.50. The number of benzene rings is 2. The first-order valence-electron chi connectivity index (χ1n) is 6.00. The summed E-state index contributed by atoms with van der Waals surface area (Å²) < 4.78 is 41.7. The Morgan fingerprint density at radius 1 is 1.00 bits per heavy atom. The van der Waals surface area contributed by atoms with Crippen molar-refractivity contribution >= 4 is 84.2 Å². The Balaban J connectivity index is 0.00000264. The van der Waals surface area contributed by atoms with Gasteiger partial charge in [0, 0.05) is 5.39 Å². The van der Waals surface area contributed by atoms with Crippen LogP contribution in [-0.2, 0) is 19.6 Å². The van der Waals surface area contributed by atoms with Crippen LogP contribution in [0, 0.1) is 0 Å². The minimum atomic E-state index is -4.67. The molecule has 7 nitrogen and oxygen atoms in total. The van der Waals surface area contributed by atoms with Crippen molar-refractivity contribution in [2.24, 2.45) is 0 Å². The second-order valence-electron chi connectivity index (χ2n) is 4.34. The van der Waals surface area contributed by atoms with E-state index in [9.17, 15) is 22.6 Å². The van der Waals surface area contributed by atoms with E-state index in [4.69, 9.17) is 0 Å². The second kappa shape index (κ2) is 7.84. The zero-order chi connectivity index (χ0) is 16.5. The van der Waals surface area contributed by atoms with E-state index < -0.39 is 27.0 Å². The fourth-order valence-corrected chi connectivity index (χ4v) is 2.99. The van der Waals surface area contributed by atoms with E-state index in [1.165, 1.54) is 37.4 Å². The van der Waals surface area contributed by atoms with Crippen molar-refractivity contribution in [1.82, 2.24) is 0 Å². The number of fused-ring (bicyclic) bond motifs is 1. The summed E-state index contributed by atoms with van der Waals surface area (Å²) in [7, 11) is -2.35. The molecule has 0 heterocycles. The van der Waals surface area contributed by atoms with Gasteiger partial charge in [-0.05, 0) is 23.6 Å². The molecule has 0 saturated carbocycles. The SMILES string of the molecule is COC(=O)c1ccc2c(S(=O)(=O)O)c(C(=O)OC)ccc2c1.[KH]. The third-order valence-electron chi connectivity index (χ3n) is 3.05. The number of hydrogen-bond donors (Lipinski definition) is 1. The fourth-order valence-electron chi connectivity index (χ4n) is 2.09. The summed E-state index contributed by atoms with van der Waals surface area (Å²) in [5, 5.41) is 0.446. The molecule has 2 aromatic rings. The molecule has 0 amide bonds. The summed E-state index contributed by atoms with van der Waals surface area (Å²) in [4.78, 5) is 22.6. The summed E-state index contributed by atoms with van der Waals surface area (Å²) in [5.74, 6) is -1.49. The molecule has 0 bridgehead atoms. The molecule has 9 heteroatoms. The van der Waals surface area contributed by atoms with Crippen LogP contribution in [0.25, 0.3) is 10.8 Å². The van der Waals surface area contributed by atoms with Crippen molar-refractivity contribution in [3.63, 3.8) is 0 Å². The number of methoxy groups -OCH3 is 2. The van der Waals surface area contributed by atoms with Gasteiger partial charge in [0.25, 0.3) is 10.1 Å². The first-order chi connectivity index (χ1) is 10.3. The quantitative estimate of drug-likeness (QED) is 0.492. The summed E-state index contributed by atoms with van der Waals surface area (Å²) in [6.07, 6.45) is 0. The number of hydrogen-bond acceptors (Lipinski definition) is 6. The van der Waals surface area contributed by atoms with Crippen LogP contribution in [-0.4, -0.2) is 90.5 Å².